The van der Waals surface area contributed by atoms with Gasteiger partial charge in [-0.3, -0.25) is 4.90 Å². The second kappa shape index (κ2) is 8.92. The van der Waals surface area contributed by atoms with E-state index < -0.39 is 5.97 Å². The van der Waals surface area contributed by atoms with Crippen LogP contribution in [0.25, 0.3) is 0 Å². The summed E-state index contributed by atoms with van der Waals surface area (Å²) in [5, 5.41) is 10.8. The normalized spacial score (nSPS) is 22.6. The summed E-state index contributed by atoms with van der Waals surface area (Å²) in [6.45, 7) is 9.08. The number of thioether (sulfide) groups is 1. The Kier molecular flexibility index (Phi) is 6.29. The number of hydrogen-bond acceptors (Lipinski definition) is 6. The van der Waals surface area contributed by atoms with Crippen molar-refractivity contribution < 1.29 is 19.4 Å². The fraction of sp³-hybridized carbons (Fsp3) is 0.500. The third-order valence-corrected chi connectivity index (χ3v) is 6.64. The van der Waals surface area contributed by atoms with Crippen LogP contribution in [-0.2, 0) is 34.0 Å². The van der Waals surface area contributed by atoms with Gasteiger partial charge in [-0.2, -0.15) is 0 Å². The predicted octanol–water partition coefficient (Wildman–Crippen LogP) is 3.19. The second-order valence-corrected chi connectivity index (χ2v) is 8.81. The zero-order valence-corrected chi connectivity index (χ0v) is 17.8. The molecule has 3 aliphatic heterocycles. The lowest BCUT2D eigenvalue weighted by atomic mass is 10.0. The third kappa shape index (κ3) is 4.23. The van der Waals surface area contributed by atoms with Crippen molar-refractivity contribution in [2.24, 2.45) is 0 Å². The molecule has 3 heterocycles. The fourth-order valence-corrected chi connectivity index (χ4v) is 5.22. The second-order valence-electron chi connectivity index (χ2n) is 7.55. The summed E-state index contributed by atoms with van der Waals surface area (Å²) < 4.78 is 11.1. The highest BCUT2D eigenvalue weighted by Crippen LogP contribution is 2.37. The first-order valence-corrected chi connectivity index (χ1v) is 11.1. The highest BCUT2D eigenvalue weighted by atomic mass is 32.2. The summed E-state index contributed by atoms with van der Waals surface area (Å²) in [4.78, 5) is 16.7. The average Bonchev–Trinajstić information content (AvgIpc) is 3.18. The Balaban J connectivity index is 1.71. The zero-order valence-electron chi connectivity index (χ0n) is 17.0. The predicted molar refractivity (Wildman–Crippen MR) is 113 cm³/mol. The summed E-state index contributed by atoms with van der Waals surface area (Å²) in [5.74, 6) is -0.0356. The van der Waals surface area contributed by atoms with Crippen LogP contribution < -0.4 is 0 Å². The molecule has 1 aromatic carbocycles. The van der Waals surface area contributed by atoms with Gasteiger partial charge in [-0.25, -0.2) is 4.79 Å². The Labute approximate surface area is 176 Å². The Morgan fingerprint density at radius 1 is 1.21 bits per heavy atom. The van der Waals surface area contributed by atoms with Crippen LogP contribution in [0.4, 0.5) is 0 Å². The van der Waals surface area contributed by atoms with Crippen molar-refractivity contribution in [3.8, 4) is 0 Å². The molecule has 1 N–H and O–H groups in total. The number of fused-ring (bicyclic) bond motifs is 1. The van der Waals surface area contributed by atoms with Gasteiger partial charge < -0.3 is 19.5 Å². The first-order chi connectivity index (χ1) is 14.1. The Hall–Kier alpha value is -1.80. The highest BCUT2D eigenvalue weighted by molar-refractivity contribution is 8.03. The third-order valence-electron chi connectivity index (χ3n) is 5.64. The van der Waals surface area contributed by atoms with Crippen molar-refractivity contribution in [1.82, 2.24) is 9.80 Å². The molecule has 1 saturated heterocycles. The molecule has 0 spiro atoms. The summed E-state index contributed by atoms with van der Waals surface area (Å²) in [6, 6.07) is 6.49. The first kappa shape index (κ1) is 20.5. The summed E-state index contributed by atoms with van der Waals surface area (Å²) in [5.41, 5.74) is 4.92. The van der Waals surface area contributed by atoms with E-state index >= 15 is 0 Å². The number of benzene rings is 1. The quantitative estimate of drug-likeness (QED) is 0.764. The van der Waals surface area contributed by atoms with E-state index in [-0.39, 0.29) is 6.17 Å². The monoisotopic (exact) mass is 416 g/mol. The van der Waals surface area contributed by atoms with E-state index in [4.69, 9.17) is 9.47 Å². The van der Waals surface area contributed by atoms with Gasteiger partial charge in [0.05, 0.1) is 37.0 Å². The summed E-state index contributed by atoms with van der Waals surface area (Å²) >= 11 is 1.61. The molecule has 7 heteroatoms. The number of carboxylic acid groups (broad SMARTS) is 1. The van der Waals surface area contributed by atoms with Crippen LogP contribution in [0.2, 0.25) is 0 Å². The van der Waals surface area contributed by atoms with Crippen LogP contribution in [0.15, 0.2) is 40.5 Å². The van der Waals surface area contributed by atoms with E-state index in [9.17, 15) is 9.90 Å². The fourth-order valence-electron chi connectivity index (χ4n) is 4.21. The van der Waals surface area contributed by atoms with E-state index in [1.54, 1.807) is 11.8 Å². The van der Waals surface area contributed by atoms with E-state index in [1.807, 2.05) is 6.92 Å². The summed E-state index contributed by atoms with van der Waals surface area (Å²) in [7, 11) is 0. The van der Waals surface area contributed by atoms with Crippen molar-refractivity contribution in [3.63, 3.8) is 0 Å². The molecule has 0 aromatic heterocycles. The molecule has 1 fully saturated rings. The minimum Gasteiger partial charge on any atom is -0.478 e. The molecule has 0 saturated carbocycles. The molecule has 3 aliphatic rings. The van der Waals surface area contributed by atoms with Gasteiger partial charge in [-0.15, -0.1) is 11.8 Å². The minimum atomic E-state index is -0.859. The number of ether oxygens (including phenoxy) is 2. The largest absolute Gasteiger partial charge is 0.478 e. The minimum absolute atomic E-state index is 0.0283. The lowest BCUT2D eigenvalue weighted by Gasteiger charge is -2.44. The average molecular weight is 417 g/mol. The van der Waals surface area contributed by atoms with Gasteiger partial charge in [-0.05, 0) is 41.0 Å². The lowest BCUT2D eigenvalue weighted by Crippen LogP contribution is -2.52. The van der Waals surface area contributed by atoms with Crippen LogP contribution in [0, 0.1) is 0 Å². The van der Waals surface area contributed by atoms with Crippen LogP contribution >= 0.6 is 11.8 Å². The topological polar surface area (TPSA) is 62.2 Å². The van der Waals surface area contributed by atoms with Gasteiger partial charge in [0.25, 0.3) is 0 Å². The molecule has 1 atom stereocenters. The van der Waals surface area contributed by atoms with Crippen molar-refractivity contribution in [3.05, 3.63) is 57.1 Å². The van der Waals surface area contributed by atoms with Gasteiger partial charge >= 0.3 is 5.97 Å². The van der Waals surface area contributed by atoms with Gasteiger partial charge in [-0.1, -0.05) is 25.1 Å². The molecule has 0 radical (unpaired) electrons. The van der Waals surface area contributed by atoms with E-state index in [2.05, 4.69) is 41.0 Å². The van der Waals surface area contributed by atoms with Crippen molar-refractivity contribution in [2.45, 2.75) is 39.8 Å². The molecule has 1 aromatic rings. The van der Waals surface area contributed by atoms with Crippen molar-refractivity contribution >= 4 is 17.7 Å². The number of hydrogen-bond donors (Lipinski definition) is 1. The SMILES string of the molecule is CCSC1=C(C(=O)O)C(C)=CC(N2CCOCC2)N1Cc1ccc2c(c1)COC2. The Morgan fingerprint density at radius 2 is 1.97 bits per heavy atom. The Bertz CT molecular complexity index is 845. The molecule has 29 heavy (non-hydrogen) atoms. The number of rotatable bonds is 6. The van der Waals surface area contributed by atoms with Crippen LogP contribution in [0.3, 0.4) is 0 Å². The van der Waals surface area contributed by atoms with Gasteiger partial charge in [0.1, 0.15) is 6.17 Å². The molecule has 0 aliphatic carbocycles. The molecule has 6 nitrogen and oxygen atoms in total. The molecule has 1 unspecified atom stereocenters. The molecule has 156 valence electrons. The maximum absolute atomic E-state index is 12.1. The van der Waals surface area contributed by atoms with Crippen LogP contribution in [0.1, 0.15) is 30.5 Å². The van der Waals surface area contributed by atoms with Crippen LogP contribution in [-0.4, -0.2) is 59.1 Å². The maximum atomic E-state index is 12.1. The van der Waals surface area contributed by atoms with Crippen LogP contribution in [0.5, 0.6) is 0 Å². The molecular weight excluding hydrogens is 388 g/mol. The zero-order chi connectivity index (χ0) is 20.4. The van der Waals surface area contributed by atoms with Crippen molar-refractivity contribution in [2.75, 3.05) is 32.1 Å². The first-order valence-electron chi connectivity index (χ1n) is 10.1. The lowest BCUT2D eigenvalue weighted by molar-refractivity contribution is -0.132. The van der Waals surface area contributed by atoms with Gasteiger partial charge in [0.15, 0.2) is 0 Å². The van der Waals surface area contributed by atoms with E-state index in [1.165, 1.54) is 16.7 Å². The molecule has 0 amide bonds. The number of nitrogens with zero attached hydrogens (tertiary/aromatic N) is 2. The number of aliphatic carboxylic acids is 1. The van der Waals surface area contributed by atoms with Gasteiger partial charge in [0, 0.05) is 19.6 Å². The molecular formula is C22H28N2O4S. The standard InChI is InChI=1S/C22H28N2O4S/c1-3-29-21-20(22(25)26)15(2)10-19(23-6-8-27-9-7-23)24(21)12-16-4-5-17-13-28-14-18(17)11-16/h4-5,10-11,19H,3,6-9,12-14H2,1-2H3,(H,25,26). The maximum Gasteiger partial charge on any atom is 0.338 e. The van der Waals surface area contributed by atoms with Gasteiger partial charge in [0.2, 0.25) is 0 Å². The number of carbonyl (C=O) groups is 1. The Morgan fingerprint density at radius 3 is 2.69 bits per heavy atom. The number of morpholine rings is 1. The highest BCUT2D eigenvalue weighted by Gasteiger charge is 2.34. The van der Waals surface area contributed by atoms with E-state index in [0.29, 0.717) is 38.5 Å². The number of carboxylic acids is 1. The summed E-state index contributed by atoms with van der Waals surface area (Å²) in [6.07, 6.45) is 2.13. The smallest absolute Gasteiger partial charge is 0.338 e. The van der Waals surface area contributed by atoms with Crippen molar-refractivity contribution in [1.29, 1.82) is 0 Å². The molecule has 4 rings (SSSR count). The molecule has 0 bridgehead atoms. The van der Waals surface area contributed by atoms with E-state index in [0.717, 1.165) is 29.4 Å².